The highest BCUT2D eigenvalue weighted by molar-refractivity contribution is 5.95. The molecule has 154 valence electrons. The molecule has 2 aromatic heterocycles. The van der Waals surface area contributed by atoms with Gasteiger partial charge in [-0.25, -0.2) is 9.97 Å². The fourth-order valence-corrected chi connectivity index (χ4v) is 3.59. The number of imidazole rings is 1. The number of H-pyrrole nitrogens is 1. The first-order valence-corrected chi connectivity index (χ1v) is 10.3. The van der Waals surface area contributed by atoms with Crippen LogP contribution in [-0.4, -0.2) is 15.0 Å². The minimum atomic E-state index is 0.0440. The Hall–Kier alpha value is -3.86. The summed E-state index contributed by atoms with van der Waals surface area (Å²) in [5.74, 6) is 1.90. The number of anilines is 2. The van der Waals surface area contributed by atoms with Crippen LogP contribution in [-0.2, 0) is 5.41 Å². The van der Waals surface area contributed by atoms with Crippen LogP contribution in [0.4, 0.5) is 11.6 Å². The molecule has 2 heterocycles. The fourth-order valence-electron chi connectivity index (χ4n) is 3.59. The van der Waals surface area contributed by atoms with Crippen LogP contribution in [0.5, 0.6) is 11.6 Å². The molecule has 0 unspecified atom stereocenters. The van der Waals surface area contributed by atoms with Crippen LogP contribution in [0, 0.1) is 0 Å². The zero-order valence-electron chi connectivity index (χ0n) is 17.8. The summed E-state index contributed by atoms with van der Waals surface area (Å²) in [5, 5.41) is 5.67. The molecule has 0 bridgehead atoms. The molecule has 0 spiro atoms. The lowest BCUT2D eigenvalue weighted by Crippen LogP contribution is -2.10. The Morgan fingerprint density at radius 2 is 1.68 bits per heavy atom. The van der Waals surface area contributed by atoms with Crippen LogP contribution in [0.15, 0.2) is 79.0 Å². The number of nitrogens with one attached hydrogen (secondary N) is 2. The van der Waals surface area contributed by atoms with Crippen molar-refractivity contribution in [3.63, 3.8) is 0 Å². The summed E-state index contributed by atoms with van der Waals surface area (Å²) in [6, 6.07) is 24.4. The van der Waals surface area contributed by atoms with E-state index >= 15 is 0 Å². The molecule has 0 aliphatic rings. The fraction of sp³-hybridized carbons (Fsp3) is 0.154. The summed E-state index contributed by atoms with van der Waals surface area (Å²) in [6.45, 7) is 6.56. The number of aromatic nitrogens is 3. The minimum absolute atomic E-state index is 0.0440. The van der Waals surface area contributed by atoms with Gasteiger partial charge in [-0.05, 0) is 58.1 Å². The van der Waals surface area contributed by atoms with Gasteiger partial charge in [0.2, 0.25) is 11.8 Å². The average Bonchev–Trinajstić information content (AvgIpc) is 3.14. The molecule has 5 rings (SSSR count). The molecule has 5 heteroatoms. The molecule has 0 saturated carbocycles. The van der Waals surface area contributed by atoms with Gasteiger partial charge in [0.1, 0.15) is 11.4 Å². The van der Waals surface area contributed by atoms with E-state index in [-0.39, 0.29) is 5.41 Å². The first kappa shape index (κ1) is 19.1. The zero-order chi connectivity index (χ0) is 21.4. The van der Waals surface area contributed by atoms with Gasteiger partial charge in [0, 0.05) is 6.20 Å². The van der Waals surface area contributed by atoms with E-state index in [1.54, 1.807) is 6.20 Å². The van der Waals surface area contributed by atoms with E-state index in [9.17, 15) is 0 Å². The van der Waals surface area contributed by atoms with Gasteiger partial charge < -0.3 is 15.0 Å². The van der Waals surface area contributed by atoms with Gasteiger partial charge in [-0.1, -0.05) is 57.2 Å². The van der Waals surface area contributed by atoms with Gasteiger partial charge in [-0.3, -0.25) is 0 Å². The molecule has 5 nitrogen and oxygen atoms in total. The van der Waals surface area contributed by atoms with Crippen molar-refractivity contribution in [3.05, 3.63) is 84.6 Å². The Labute approximate surface area is 181 Å². The van der Waals surface area contributed by atoms with E-state index in [0.717, 1.165) is 27.9 Å². The highest BCUT2D eigenvalue weighted by atomic mass is 16.5. The number of aromatic amines is 1. The highest BCUT2D eigenvalue weighted by Gasteiger charge is 2.15. The van der Waals surface area contributed by atoms with E-state index in [4.69, 9.17) is 9.72 Å². The number of benzene rings is 3. The molecule has 0 radical (unpaired) electrons. The molecular formula is C26H24N4O. The Morgan fingerprint density at radius 1 is 0.871 bits per heavy atom. The molecule has 2 N–H and O–H groups in total. The smallest absolute Gasteiger partial charge is 0.243 e. The van der Waals surface area contributed by atoms with Crippen molar-refractivity contribution in [1.82, 2.24) is 15.0 Å². The standard InChI is InChI=1S/C26H24N4O/c1-26(2,3)19-10-6-11-20(16-19)31-24-21(12-7-13-27-24)28-25-29-22-14-17-8-4-5-9-18(17)15-23(22)30-25/h4-16H,1-3H3,(H2,28,29,30). The van der Waals surface area contributed by atoms with E-state index < -0.39 is 0 Å². The second kappa shape index (κ2) is 7.43. The Morgan fingerprint density at radius 3 is 2.48 bits per heavy atom. The summed E-state index contributed by atoms with van der Waals surface area (Å²) in [5.41, 5.74) is 3.88. The van der Waals surface area contributed by atoms with Crippen LogP contribution in [0.2, 0.25) is 0 Å². The topological polar surface area (TPSA) is 62.8 Å². The van der Waals surface area contributed by atoms with Gasteiger partial charge in [-0.2, -0.15) is 0 Å². The molecule has 5 aromatic rings. The Balaban J connectivity index is 1.45. The number of ether oxygens (including phenoxy) is 1. The highest BCUT2D eigenvalue weighted by Crippen LogP contribution is 2.32. The Kier molecular flexibility index (Phi) is 4.59. The Bertz CT molecular complexity index is 1330. The van der Waals surface area contributed by atoms with Gasteiger partial charge in [0.05, 0.1) is 11.0 Å². The third-order valence-corrected chi connectivity index (χ3v) is 5.29. The first-order chi connectivity index (χ1) is 15.0. The van der Waals surface area contributed by atoms with Crippen molar-refractivity contribution in [2.45, 2.75) is 26.2 Å². The van der Waals surface area contributed by atoms with Crippen molar-refractivity contribution in [3.8, 4) is 11.6 Å². The van der Waals surface area contributed by atoms with E-state index in [1.165, 1.54) is 10.9 Å². The lowest BCUT2D eigenvalue weighted by molar-refractivity contribution is 0.462. The van der Waals surface area contributed by atoms with Crippen molar-refractivity contribution in [1.29, 1.82) is 0 Å². The molecule has 31 heavy (non-hydrogen) atoms. The molecule has 3 aromatic carbocycles. The quantitative estimate of drug-likeness (QED) is 0.338. The summed E-state index contributed by atoms with van der Waals surface area (Å²) in [4.78, 5) is 12.5. The number of hydrogen-bond acceptors (Lipinski definition) is 4. The van der Waals surface area contributed by atoms with Crippen molar-refractivity contribution in [2.24, 2.45) is 0 Å². The molecule has 0 fully saturated rings. The number of hydrogen-bond donors (Lipinski definition) is 2. The van der Waals surface area contributed by atoms with Crippen LogP contribution in [0.1, 0.15) is 26.3 Å². The zero-order valence-corrected chi connectivity index (χ0v) is 17.8. The predicted octanol–water partition coefficient (Wildman–Crippen LogP) is 6.94. The normalized spacial score (nSPS) is 11.7. The maximum absolute atomic E-state index is 6.14. The monoisotopic (exact) mass is 408 g/mol. The lowest BCUT2D eigenvalue weighted by Gasteiger charge is -2.19. The van der Waals surface area contributed by atoms with Crippen LogP contribution >= 0.6 is 0 Å². The van der Waals surface area contributed by atoms with Crippen molar-refractivity contribution >= 4 is 33.4 Å². The SMILES string of the molecule is CC(C)(C)c1cccc(Oc2ncccc2Nc2nc3cc4ccccc4cc3[nH]2)c1. The van der Waals surface area contributed by atoms with E-state index in [2.05, 4.69) is 72.5 Å². The summed E-state index contributed by atoms with van der Waals surface area (Å²) in [6.07, 6.45) is 1.72. The number of fused-ring (bicyclic) bond motifs is 2. The number of nitrogens with zero attached hydrogens (tertiary/aromatic N) is 2. The van der Waals surface area contributed by atoms with Gasteiger partial charge in [0.25, 0.3) is 0 Å². The molecule has 0 aliphatic carbocycles. The lowest BCUT2D eigenvalue weighted by atomic mass is 9.87. The van der Waals surface area contributed by atoms with Crippen LogP contribution < -0.4 is 10.1 Å². The molecule has 0 aliphatic heterocycles. The van der Waals surface area contributed by atoms with E-state index in [0.29, 0.717) is 11.8 Å². The number of rotatable bonds is 4. The van der Waals surface area contributed by atoms with Gasteiger partial charge in [-0.15, -0.1) is 0 Å². The second-order valence-corrected chi connectivity index (χ2v) is 8.66. The predicted molar refractivity (Wildman–Crippen MR) is 126 cm³/mol. The van der Waals surface area contributed by atoms with Gasteiger partial charge >= 0.3 is 0 Å². The molecule has 0 atom stereocenters. The summed E-state index contributed by atoms with van der Waals surface area (Å²) < 4.78 is 6.14. The largest absolute Gasteiger partial charge is 0.437 e. The second-order valence-electron chi connectivity index (χ2n) is 8.66. The molecule has 0 saturated heterocycles. The van der Waals surface area contributed by atoms with Crippen LogP contribution in [0.25, 0.3) is 21.8 Å². The maximum atomic E-state index is 6.14. The molecular weight excluding hydrogens is 384 g/mol. The number of pyridine rings is 1. The third-order valence-electron chi connectivity index (χ3n) is 5.29. The molecule has 0 amide bonds. The third kappa shape index (κ3) is 3.94. The summed E-state index contributed by atoms with van der Waals surface area (Å²) in [7, 11) is 0. The van der Waals surface area contributed by atoms with Crippen molar-refractivity contribution < 1.29 is 4.74 Å². The minimum Gasteiger partial charge on any atom is -0.437 e. The van der Waals surface area contributed by atoms with Crippen LogP contribution in [0.3, 0.4) is 0 Å². The summed E-state index contributed by atoms with van der Waals surface area (Å²) >= 11 is 0. The van der Waals surface area contributed by atoms with E-state index in [1.807, 2.05) is 36.4 Å². The maximum Gasteiger partial charge on any atom is 0.243 e. The van der Waals surface area contributed by atoms with Gasteiger partial charge in [0.15, 0.2) is 0 Å². The first-order valence-electron chi connectivity index (χ1n) is 10.3. The average molecular weight is 409 g/mol. The van der Waals surface area contributed by atoms with Crippen molar-refractivity contribution in [2.75, 3.05) is 5.32 Å².